The summed E-state index contributed by atoms with van der Waals surface area (Å²) in [5.74, 6) is -6.47. The summed E-state index contributed by atoms with van der Waals surface area (Å²) in [6.07, 6.45) is 3.18. The van der Waals surface area contributed by atoms with Crippen LogP contribution in [-0.4, -0.2) is 0 Å². The summed E-state index contributed by atoms with van der Waals surface area (Å²) in [5.41, 5.74) is -0.395. The van der Waals surface area contributed by atoms with E-state index < -0.39 is 40.7 Å². The van der Waals surface area contributed by atoms with Crippen molar-refractivity contribution in [2.24, 2.45) is 5.92 Å². The molecule has 0 amide bonds. The van der Waals surface area contributed by atoms with E-state index in [0.717, 1.165) is 44.2 Å². The van der Waals surface area contributed by atoms with E-state index in [1.54, 1.807) is 0 Å². The van der Waals surface area contributed by atoms with Gasteiger partial charge in [0.1, 0.15) is 11.6 Å². The first kappa shape index (κ1) is 22.5. The van der Waals surface area contributed by atoms with Gasteiger partial charge in [0, 0.05) is 12.1 Å². The number of rotatable bonds is 7. The average Bonchev–Trinajstić information content (AvgIpc) is 2.70. The van der Waals surface area contributed by atoms with E-state index in [4.69, 9.17) is 0 Å². The molecule has 1 nitrogen and oxygen atoms in total. The van der Waals surface area contributed by atoms with Crippen molar-refractivity contribution < 1.29 is 31.1 Å². The quantitative estimate of drug-likeness (QED) is 0.321. The zero-order valence-electron chi connectivity index (χ0n) is 16.7. The highest BCUT2D eigenvalue weighted by Gasteiger charge is 2.38. The van der Waals surface area contributed by atoms with E-state index in [1.165, 1.54) is 18.9 Å². The highest BCUT2D eigenvalue weighted by atomic mass is 19.3. The normalized spacial score (nSPS) is 19.7. The number of ether oxygens (including phenoxy) is 1. The summed E-state index contributed by atoms with van der Waals surface area (Å²) in [6, 6.07) is 4.03. The number of unbranched alkanes of at least 4 members (excludes halogenated alkanes) is 1. The van der Waals surface area contributed by atoms with Crippen molar-refractivity contribution in [3.63, 3.8) is 0 Å². The van der Waals surface area contributed by atoms with Crippen LogP contribution in [-0.2, 0) is 6.11 Å². The van der Waals surface area contributed by atoms with Gasteiger partial charge in [0.05, 0.1) is 5.56 Å². The first-order valence-electron chi connectivity index (χ1n) is 10.2. The Morgan fingerprint density at radius 1 is 0.900 bits per heavy atom. The summed E-state index contributed by atoms with van der Waals surface area (Å²) in [6.45, 7) is 2.15. The van der Waals surface area contributed by atoms with Crippen molar-refractivity contribution in [1.82, 2.24) is 0 Å². The molecule has 0 bridgehead atoms. The van der Waals surface area contributed by atoms with Crippen LogP contribution in [0, 0.1) is 29.2 Å². The predicted molar refractivity (Wildman–Crippen MR) is 101 cm³/mol. The molecule has 0 aliphatic heterocycles. The fourth-order valence-electron chi connectivity index (χ4n) is 4.09. The van der Waals surface area contributed by atoms with E-state index in [0.29, 0.717) is 11.5 Å². The molecule has 0 unspecified atom stereocenters. The number of hydrogen-bond donors (Lipinski definition) is 0. The van der Waals surface area contributed by atoms with Crippen LogP contribution in [0.15, 0.2) is 30.3 Å². The van der Waals surface area contributed by atoms with Crippen LogP contribution in [0.3, 0.4) is 0 Å². The van der Waals surface area contributed by atoms with Crippen LogP contribution in [0.25, 0.3) is 0 Å². The molecule has 30 heavy (non-hydrogen) atoms. The van der Waals surface area contributed by atoms with E-state index in [2.05, 4.69) is 11.7 Å². The van der Waals surface area contributed by atoms with Crippen LogP contribution in [0.1, 0.15) is 68.9 Å². The maximum Gasteiger partial charge on any atom is 0.429 e. The third-order valence-corrected chi connectivity index (χ3v) is 5.79. The topological polar surface area (TPSA) is 9.23 Å². The van der Waals surface area contributed by atoms with Crippen molar-refractivity contribution in [2.75, 3.05) is 0 Å². The standard InChI is InChI=1S/C23H24F6O/c1-2-3-4-14-5-7-15(8-6-14)16-9-10-18(19(24)11-16)23(28,29)30-17-12-20(25)22(27)21(26)13-17/h9-15H,2-8H2,1H3. The Balaban J connectivity index is 1.71. The lowest BCUT2D eigenvalue weighted by molar-refractivity contribution is -0.187. The Morgan fingerprint density at radius 2 is 1.53 bits per heavy atom. The number of hydrogen-bond acceptors (Lipinski definition) is 1. The molecule has 0 spiro atoms. The van der Waals surface area contributed by atoms with Gasteiger partial charge in [-0.3, -0.25) is 0 Å². The Hall–Kier alpha value is -2.18. The molecule has 0 heterocycles. The lowest BCUT2D eigenvalue weighted by Crippen LogP contribution is -2.24. The minimum atomic E-state index is -4.18. The zero-order valence-corrected chi connectivity index (χ0v) is 16.7. The van der Waals surface area contributed by atoms with Gasteiger partial charge in [0.25, 0.3) is 0 Å². The third-order valence-electron chi connectivity index (χ3n) is 5.79. The average molecular weight is 430 g/mol. The maximum absolute atomic E-state index is 14.5. The summed E-state index contributed by atoms with van der Waals surface area (Å²) in [4.78, 5) is 0. The van der Waals surface area contributed by atoms with Gasteiger partial charge in [0.15, 0.2) is 17.5 Å². The van der Waals surface area contributed by atoms with E-state index in [9.17, 15) is 26.3 Å². The summed E-state index contributed by atoms with van der Waals surface area (Å²) >= 11 is 0. The summed E-state index contributed by atoms with van der Waals surface area (Å²) in [7, 11) is 0. The van der Waals surface area contributed by atoms with Gasteiger partial charge in [0.2, 0.25) is 0 Å². The first-order chi connectivity index (χ1) is 14.2. The summed E-state index contributed by atoms with van der Waals surface area (Å²) in [5, 5.41) is 0. The van der Waals surface area contributed by atoms with Crippen molar-refractivity contribution in [1.29, 1.82) is 0 Å². The molecule has 164 valence electrons. The van der Waals surface area contributed by atoms with Gasteiger partial charge < -0.3 is 4.74 Å². The van der Waals surface area contributed by atoms with Crippen LogP contribution < -0.4 is 4.74 Å². The second-order valence-electron chi connectivity index (χ2n) is 7.92. The van der Waals surface area contributed by atoms with Crippen molar-refractivity contribution >= 4 is 0 Å². The van der Waals surface area contributed by atoms with Crippen LogP contribution in [0.2, 0.25) is 0 Å². The number of alkyl halides is 2. The lowest BCUT2D eigenvalue weighted by Gasteiger charge is -2.29. The molecule has 0 saturated heterocycles. The Labute approximate surface area is 172 Å². The molecular formula is C23H24F6O. The second-order valence-corrected chi connectivity index (χ2v) is 7.92. The molecule has 1 aliphatic rings. The number of benzene rings is 2. The van der Waals surface area contributed by atoms with Gasteiger partial charge in [-0.1, -0.05) is 32.3 Å². The van der Waals surface area contributed by atoms with Crippen LogP contribution >= 0.6 is 0 Å². The highest BCUT2D eigenvalue weighted by Crippen LogP contribution is 2.40. The van der Waals surface area contributed by atoms with Gasteiger partial charge >= 0.3 is 6.11 Å². The smallest absolute Gasteiger partial charge is 0.429 e. The Bertz CT molecular complexity index is 851. The molecule has 2 aromatic carbocycles. The molecule has 0 atom stereocenters. The summed E-state index contributed by atoms with van der Waals surface area (Å²) < 4.78 is 87.1. The highest BCUT2D eigenvalue weighted by molar-refractivity contribution is 5.31. The molecule has 2 aromatic rings. The van der Waals surface area contributed by atoms with E-state index in [1.807, 2.05) is 0 Å². The molecule has 1 saturated carbocycles. The monoisotopic (exact) mass is 430 g/mol. The molecule has 3 rings (SSSR count). The lowest BCUT2D eigenvalue weighted by atomic mass is 9.77. The predicted octanol–water partition coefficient (Wildman–Crippen LogP) is 7.84. The Kier molecular flexibility index (Phi) is 6.98. The van der Waals surface area contributed by atoms with Gasteiger partial charge in [-0.2, -0.15) is 8.78 Å². The van der Waals surface area contributed by atoms with E-state index in [-0.39, 0.29) is 18.1 Å². The van der Waals surface area contributed by atoms with Crippen molar-refractivity contribution in [2.45, 2.75) is 63.9 Å². The molecule has 0 radical (unpaired) electrons. The van der Waals surface area contributed by atoms with Gasteiger partial charge in [-0.15, -0.1) is 0 Å². The fraction of sp³-hybridized carbons (Fsp3) is 0.478. The maximum atomic E-state index is 14.5. The number of halogens is 6. The fourth-order valence-corrected chi connectivity index (χ4v) is 4.09. The van der Waals surface area contributed by atoms with Crippen molar-refractivity contribution in [3.8, 4) is 5.75 Å². The largest absolute Gasteiger partial charge is 0.429 e. The second kappa shape index (κ2) is 9.31. The van der Waals surface area contributed by atoms with Crippen LogP contribution in [0.5, 0.6) is 5.75 Å². The van der Waals surface area contributed by atoms with Crippen molar-refractivity contribution in [3.05, 3.63) is 64.7 Å². The van der Waals surface area contributed by atoms with Gasteiger partial charge in [-0.05, 0) is 55.2 Å². The minimum absolute atomic E-state index is 0.112. The first-order valence-corrected chi connectivity index (χ1v) is 10.2. The van der Waals surface area contributed by atoms with Gasteiger partial charge in [-0.25, -0.2) is 17.6 Å². The molecule has 0 N–H and O–H groups in total. The molecule has 1 fully saturated rings. The van der Waals surface area contributed by atoms with Crippen LogP contribution in [0.4, 0.5) is 26.3 Å². The molecule has 0 aromatic heterocycles. The molecule has 7 heteroatoms. The minimum Gasteiger partial charge on any atom is -0.429 e. The molecular weight excluding hydrogens is 406 g/mol. The zero-order chi connectivity index (χ0) is 21.9. The Morgan fingerprint density at radius 3 is 2.10 bits per heavy atom. The van der Waals surface area contributed by atoms with E-state index >= 15 is 0 Å². The third kappa shape index (κ3) is 5.10. The SMILES string of the molecule is CCCCC1CCC(c2ccc(C(F)(F)Oc3cc(F)c(F)c(F)c3)c(F)c2)CC1. The molecule has 1 aliphatic carbocycles.